The lowest BCUT2D eigenvalue weighted by molar-refractivity contribution is -0.138. The normalized spacial score (nSPS) is 22.4. The van der Waals surface area contributed by atoms with E-state index in [1.54, 1.807) is 17.3 Å². The highest BCUT2D eigenvalue weighted by atomic mass is 79.9. The molecule has 2 amide bonds. The van der Waals surface area contributed by atoms with Crippen LogP contribution in [0.4, 0.5) is 5.69 Å². The first-order valence-corrected chi connectivity index (χ1v) is 10.3. The molecule has 2 unspecified atom stereocenters. The van der Waals surface area contributed by atoms with E-state index in [1.165, 1.54) is 0 Å². The highest BCUT2D eigenvalue weighted by Crippen LogP contribution is 2.29. The molecule has 0 spiro atoms. The first-order valence-electron chi connectivity index (χ1n) is 9.51. The van der Waals surface area contributed by atoms with Crippen LogP contribution < -0.4 is 9.64 Å². The summed E-state index contributed by atoms with van der Waals surface area (Å²) >= 11 is 3.44. The molecule has 0 aliphatic carbocycles. The van der Waals surface area contributed by atoms with Gasteiger partial charge in [0.1, 0.15) is 11.9 Å². The fourth-order valence-electron chi connectivity index (χ4n) is 3.87. The van der Waals surface area contributed by atoms with Crippen LogP contribution in [0.5, 0.6) is 5.75 Å². The fourth-order valence-corrected chi connectivity index (χ4v) is 4.26. The number of halogens is 1. The molecular weight excluding hydrogens is 422 g/mol. The van der Waals surface area contributed by atoms with Crippen LogP contribution in [0.3, 0.4) is 0 Å². The molecule has 28 heavy (non-hydrogen) atoms. The van der Waals surface area contributed by atoms with Gasteiger partial charge in [-0.3, -0.25) is 14.6 Å². The molecule has 2 saturated heterocycles. The average molecular weight is 444 g/mol. The third-order valence-corrected chi connectivity index (χ3v) is 5.73. The lowest BCUT2D eigenvalue weighted by Gasteiger charge is -2.34. The minimum atomic E-state index is -0.300. The van der Waals surface area contributed by atoms with Crippen LogP contribution in [0.2, 0.25) is 0 Å². The molecular formula is C21H22BrN3O3. The van der Waals surface area contributed by atoms with E-state index in [1.807, 2.05) is 41.3 Å². The Labute approximate surface area is 172 Å². The minimum absolute atomic E-state index is 0.00181. The molecule has 0 radical (unpaired) electrons. The molecule has 2 aromatic rings. The second kappa shape index (κ2) is 8.31. The molecule has 2 aliphatic heterocycles. The molecule has 0 N–H and O–H groups in total. The predicted molar refractivity (Wildman–Crippen MR) is 109 cm³/mol. The van der Waals surface area contributed by atoms with Gasteiger partial charge in [-0.15, -0.1) is 0 Å². The van der Waals surface area contributed by atoms with E-state index in [-0.39, 0.29) is 30.3 Å². The Kier molecular flexibility index (Phi) is 5.62. The second-order valence-corrected chi connectivity index (χ2v) is 8.15. The quantitative estimate of drug-likeness (QED) is 0.727. The number of ether oxygens (including phenoxy) is 1. The number of carbonyl (C=O) groups excluding carboxylic acids is 2. The zero-order chi connectivity index (χ0) is 19.5. The average Bonchev–Trinajstić information content (AvgIpc) is 3.10. The van der Waals surface area contributed by atoms with Crippen molar-refractivity contribution in [1.29, 1.82) is 0 Å². The number of aromatic nitrogens is 1. The zero-order valence-corrected chi connectivity index (χ0v) is 17.0. The van der Waals surface area contributed by atoms with Gasteiger partial charge in [0, 0.05) is 42.1 Å². The van der Waals surface area contributed by atoms with Crippen LogP contribution in [0.15, 0.2) is 53.3 Å². The Morgan fingerprint density at radius 2 is 2.00 bits per heavy atom. The zero-order valence-electron chi connectivity index (χ0n) is 15.5. The smallest absolute Gasteiger partial charge is 0.228 e. The number of likely N-dealkylation sites (tertiary alicyclic amines) is 1. The van der Waals surface area contributed by atoms with E-state index < -0.39 is 0 Å². The van der Waals surface area contributed by atoms with Crippen LogP contribution in [-0.2, 0) is 9.59 Å². The van der Waals surface area contributed by atoms with Gasteiger partial charge in [0.2, 0.25) is 11.8 Å². The van der Waals surface area contributed by atoms with Crippen LogP contribution in [0.25, 0.3) is 0 Å². The molecule has 1 aromatic carbocycles. The molecule has 7 heteroatoms. The third-order valence-electron chi connectivity index (χ3n) is 5.24. The van der Waals surface area contributed by atoms with E-state index in [4.69, 9.17) is 4.74 Å². The van der Waals surface area contributed by atoms with E-state index in [2.05, 4.69) is 20.9 Å². The number of hydrogen-bond donors (Lipinski definition) is 0. The van der Waals surface area contributed by atoms with Crippen molar-refractivity contribution in [2.24, 2.45) is 5.92 Å². The van der Waals surface area contributed by atoms with Gasteiger partial charge < -0.3 is 14.5 Å². The summed E-state index contributed by atoms with van der Waals surface area (Å²) in [5, 5.41) is 0. The minimum Gasteiger partial charge on any atom is -0.488 e. The van der Waals surface area contributed by atoms with Gasteiger partial charge in [-0.05, 0) is 43.2 Å². The van der Waals surface area contributed by atoms with Crippen molar-refractivity contribution in [3.8, 4) is 5.75 Å². The Hall–Kier alpha value is -2.41. The molecule has 0 saturated carbocycles. The standard InChI is InChI=1S/C21H22BrN3O3/c22-16-3-1-4-17(12-16)25-13-15(11-20(25)26)21(27)24-10-2-5-19(14-24)28-18-6-8-23-9-7-18/h1,3-4,6-9,12,15,19H,2,5,10-11,13-14H2. The van der Waals surface area contributed by atoms with E-state index >= 15 is 0 Å². The van der Waals surface area contributed by atoms with Crippen LogP contribution in [-0.4, -0.2) is 47.4 Å². The van der Waals surface area contributed by atoms with Crippen molar-refractivity contribution in [3.63, 3.8) is 0 Å². The maximum absolute atomic E-state index is 13.1. The van der Waals surface area contributed by atoms with Crippen molar-refractivity contribution < 1.29 is 14.3 Å². The van der Waals surface area contributed by atoms with Gasteiger partial charge in [0.25, 0.3) is 0 Å². The number of amides is 2. The van der Waals surface area contributed by atoms with Crippen molar-refractivity contribution in [2.75, 3.05) is 24.5 Å². The SMILES string of the molecule is O=C(C1CC(=O)N(c2cccc(Br)c2)C1)N1CCCC(Oc2ccncc2)C1. The Morgan fingerprint density at radius 3 is 2.79 bits per heavy atom. The highest BCUT2D eigenvalue weighted by Gasteiger charge is 2.38. The van der Waals surface area contributed by atoms with Crippen molar-refractivity contribution >= 4 is 33.4 Å². The summed E-state index contributed by atoms with van der Waals surface area (Å²) in [6.45, 7) is 1.71. The van der Waals surface area contributed by atoms with E-state index in [0.29, 0.717) is 13.1 Å². The van der Waals surface area contributed by atoms with Crippen molar-refractivity contribution in [3.05, 3.63) is 53.3 Å². The maximum Gasteiger partial charge on any atom is 0.228 e. The Bertz CT molecular complexity index is 861. The molecule has 2 aliphatic rings. The maximum atomic E-state index is 13.1. The molecule has 146 valence electrons. The van der Waals surface area contributed by atoms with Gasteiger partial charge in [-0.1, -0.05) is 22.0 Å². The lowest BCUT2D eigenvalue weighted by Crippen LogP contribution is -2.47. The summed E-state index contributed by atoms with van der Waals surface area (Å²) in [5.74, 6) is 0.518. The van der Waals surface area contributed by atoms with Crippen LogP contribution in [0, 0.1) is 5.92 Å². The number of rotatable bonds is 4. The summed E-state index contributed by atoms with van der Waals surface area (Å²) < 4.78 is 6.92. The lowest BCUT2D eigenvalue weighted by atomic mass is 10.0. The summed E-state index contributed by atoms with van der Waals surface area (Å²) in [6, 6.07) is 11.3. The molecule has 0 bridgehead atoms. The van der Waals surface area contributed by atoms with Crippen LogP contribution >= 0.6 is 15.9 Å². The molecule has 4 rings (SSSR count). The number of piperidine rings is 1. The van der Waals surface area contributed by atoms with Gasteiger partial charge >= 0.3 is 0 Å². The van der Waals surface area contributed by atoms with Gasteiger partial charge in [-0.2, -0.15) is 0 Å². The van der Waals surface area contributed by atoms with Gasteiger partial charge in [-0.25, -0.2) is 0 Å². The van der Waals surface area contributed by atoms with Crippen LogP contribution in [0.1, 0.15) is 19.3 Å². The van der Waals surface area contributed by atoms with Gasteiger partial charge in [0.05, 0.1) is 12.5 Å². The number of carbonyl (C=O) groups is 2. The number of nitrogens with zero attached hydrogens (tertiary/aromatic N) is 3. The molecule has 3 heterocycles. The first-order chi connectivity index (χ1) is 13.6. The molecule has 1 aromatic heterocycles. The number of benzene rings is 1. The summed E-state index contributed by atoms with van der Waals surface area (Å²) in [4.78, 5) is 33.1. The second-order valence-electron chi connectivity index (χ2n) is 7.23. The van der Waals surface area contributed by atoms with Crippen molar-refractivity contribution in [1.82, 2.24) is 9.88 Å². The third kappa shape index (κ3) is 4.19. The molecule has 6 nitrogen and oxygen atoms in total. The molecule has 2 atom stereocenters. The Balaban J connectivity index is 1.39. The molecule has 2 fully saturated rings. The fraction of sp³-hybridized carbons (Fsp3) is 0.381. The summed E-state index contributed by atoms with van der Waals surface area (Å²) in [6.07, 6.45) is 5.44. The van der Waals surface area contributed by atoms with E-state index in [9.17, 15) is 9.59 Å². The van der Waals surface area contributed by atoms with Gasteiger partial charge in [0.15, 0.2) is 0 Å². The predicted octanol–water partition coefficient (Wildman–Crippen LogP) is 3.27. The highest BCUT2D eigenvalue weighted by molar-refractivity contribution is 9.10. The monoisotopic (exact) mass is 443 g/mol. The van der Waals surface area contributed by atoms with E-state index in [0.717, 1.165) is 35.3 Å². The number of pyridine rings is 1. The summed E-state index contributed by atoms with van der Waals surface area (Å²) in [7, 11) is 0. The Morgan fingerprint density at radius 1 is 1.18 bits per heavy atom. The first kappa shape index (κ1) is 18.9. The number of hydrogen-bond acceptors (Lipinski definition) is 4. The topological polar surface area (TPSA) is 62.7 Å². The van der Waals surface area contributed by atoms with Crippen molar-refractivity contribution in [2.45, 2.75) is 25.4 Å². The summed E-state index contributed by atoms with van der Waals surface area (Å²) in [5.41, 5.74) is 0.826. The largest absolute Gasteiger partial charge is 0.488 e. The number of anilines is 1.